The molecule has 0 spiro atoms. The number of rotatable bonds is 4. The van der Waals surface area contributed by atoms with E-state index < -0.39 is 0 Å². The van der Waals surface area contributed by atoms with E-state index in [2.05, 4.69) is 269 Å². The van der Waals surface area contributed by atoms with E-state index in [0.717, 1.165) is 6.42 Å². The standard InChI is InChI=1S/C81H80BN3S/c1-47-23-15-20-28-68(47)85-72-56(33-34-57-58-45-64-65(46-70(58)86-74(57)72)77(7,8)38-37-76(64,5)6)59-41-51(44-69-71(59)82(85)67-40-48(75(2,3)4)39-66-73(67)84(69)81(14)36-22-21-35-80(66,81)13)83(49-29-31-54-52-24-16-18-26-60(52)78(9,10)62(54)42-49)50-30-32-55-53-25-17-19-27-61(53)79(11,12)63(55)43-50/h15-20,23-34,39-46H,21-22,35-38H2,1-14H3. The molecule has 0 bridgehead atoms. The van der Waals surface area contributed by atoms with E-state index in [1.54, 1.807) is 5.56 Å². The first-order chi connectivity index (χ1) is 40.9. The molecule has 4 heterocycles. The first-order valence-corrected chi connectivity index (χ1v) is 33.1. The molecule has 1 aromatic heterocycles. The number of fused-ring (bicyclic) bond motifs is 18. The third kappa shape index (κ3) is 6.71. The van der Waals surface area contributed by atoms with Gasteiger partial charge in [-0.25, -0.2) is 0 Å². The Morgan fingerprint density at radius 3 is 1.69 bits per heavy atom. The van der Waals surface area contributed by atoms with Crippen LogP contribution in [0.3, 0.4) is 0 Å². The van der Waals surface area contributed by atoms with Crippen LogP contribution < -0.4 is 25.5 Å². The largest absolute Gasteiger partial charge is 0.375 e. The number of benzene rings is 9. The molecule has 428 valence electrons. The summed E-state index contributed by atoms with van der Waals surface area (Å²) in [5, 5.41) is 2.76. The van der Waals surface area contributed by atoms with Gasteiger partial charge < -0.3 is 14.6 Å². The molecule has 7 aliphatic rings. The number of para-hydroxylation sites is 1. The fourth-order valence-electron chi connectivity index (χ4n) is 18.4. The van der Waals surface area contributed by atoms with E-state index in [1.165, 1.54) is 181 Å². The first kappa shape index (κ1) is 52.9. The highest BCUT2D eigenvalue weighted by atomic mass is 32.1. The van der Waals surface area contributed by atoms with Crippen molar-refractivity contribution in [3.05, 3.63) is 208 Å². The van der Waals surface area contributed by atoms with E-state index in [-0.39, 0.29) is 44.9 Å². The zero-order valence-electron chi connectivity index (χ0n) is 53.1. The maximum Gasteiger partial charge on any atom is 0.333 e. The fraction of sp³-hybridized carbons (Fsp3) is 0.333. The Morgan fingerprint density at radius 2 is 1.05 bits per heavy atom. The summed E-state index contributed by atoms with van der Waals surface area (Å²) < 4.78 is 2.78. The molecule has 9 aromatic carbocycles. The van der Waals surface area contributed by atoms with Crippen LogP contribution in [0.5, 0.6) is 0 Å². The first-order valence-electron chi connectivity index (χ1n) is 32.3. The molecule has 1 fully saturated rings. The van der Waals surface area contributed by atoms with Gasteiger partial charge in [-0.05, 0) is 199 Å². The minimum Gasteiger partial charge on any atom is -0.375 e. The maximum atomic E-state index is 2.96. The Kier molecular flexibility index (Phi) is 10.5. The maximum absolute atomic E-state index is 2.96. The average Bonchev–Trinajstić information content (AvgIpc) is 1.39. The number of thiophene rings is 1. The van der Waals surface area contributed by atoms with Crippen molar-refractivity contribution in [1.82, 2.24) is 0 Å². The molecule has 2 unspecified atom stereocenters. The number of nitrogens with zero attached hydrogens (tertiary/aromatic N) is 3. The summed E-state index contributed by atoms with van der Waals surface area (Å²) in [7, 11) is 0. The van der Waals surface area contributed by atoms with E-state index in [0.29, 0.717) is 0 Å². The van der Waals surface area contributed by atoms with Crippen molar-refractivity contribution in [2.24, 2.45) is 0 Å². The molecule has 86 heavy (non-hydrogen) atoms. The highest BCUT2D eigenvalue weighted by Crippen LogP contribution is 2.65. The van der Waals surface area contributed by atoms with Crippen molar-refractivity contribution >= 4 is 89.1 Å². The van der Waals surface area contributed by atoms with Gasteiger partial charge in [-0.2, -0.15) is 0 Å². The Balaban J connectivity index is 1.01. The van der Waals surface area contributed by atoms with Crippen LogP contribution in [0.15, 0.2) is 158 Å². The van der Waals surface area contributed by atoms with Crippen molar-refractivity contribution < 1.29 is 0 Å². The summed E-state index contributed by atoms with van der Waals surface area (Å²) in [4.78, 5) is 8.49. The van der Waals surface area contributed by atoms with Crippen LogP contribution in [0.1, 0.15) is 179 Å². The van der Waals surface area contributed by atoms with Gasteiger partial charge in [0.2, 0.25) is 0 Å². The molecule has 1 saturated carbocycles. The van der Waals surface area contributed by atoms with E-state index >= 15 is 0 Å². The molecule has 0 saturated heterocycles. The Morgan fingerprint density at radius 1 is 0.465 bits per heavy atom. The monoisotopic (exact) mass is 1140 g/mol. The smallest absolute Gasteiger partial charge is 0.333 e. The van der Waals surface area contributed by atoms with Gasteiger partial charge in [-0.15, -0.1) is 11.3 Å². The van der Waals surface area contributed by atoms with Crippen molar-refractivity contribution in [2.75, 3.05) is 14.6 Å². The van der Waals surface area contributed by atoms with E-state index in [9.17, 15) is 0 Å². The summed E-state index contributed by atoms with van der Waals surface area (Å²) in [6.45, 7) is 34.5. The third-order valence-electron chi connectivity index (χ3n) is 23.7. The number of hydrogen-bond donors (Lipinski definition) is 0. The molecule has 5 heteroatoms. The Labute approximate surface area is 515 Å². The fourth-order valence-corrected chi connectivity index (χ4v) is 19.7. The number of hydrogen-bond acceptors (Lipinski definition) is 4. The minimum absolute atomic E-state index is 0.0646. The normalized spacial score (nSPS) is 21.5. The van der Waals surface area contributed by atoms with Gasteiger partial charge in [0.05, 0.1) is 15.9 Å². The summed E-state index contributed by atoms with van der Waals surface area (Å²) in [6, 6.07) is 63.4. The zero-order chi connectivity index (χ0) is 59.3. The summed E-state index contributed by atoms with van der Waals surface area (Å²) >= 11 is 2.04. The lowest BCUT2D eigenvalue weighted by Crippen LogP contribution is -2.64. The van der Waals surface area contributed by atoms with Crippen LogP contribution in [0.2, 0.25) is 0 Å². The molecular weight excluding hydrogens is 1060 g/mol. The van der Waals surface area contributed by atoms with Crippen LogP contribution in [0.4, 0.5) is 39.8 Å². The molecule has 17 rings (SSSR count). The lowest BCUT2D eigenvalue weighted by atomic mass is 9.43. The van der Waals surface area contributed by atoms with Crippen LogP contribution in [0, 0.1) is 6.92 Å². The summed E-state index contributed by atoms with van der Waals surface area (Å²) in [6.07, 6.45) is 7.15. The van der Waals surface area contributed by atoms with E-state index in [4.69, 9.17) is 0 Å². The molecule has 3 aliphatic heterocycles. The highest BCUT2D eigenvalue weighted by molar-refractivity contribution is 7.26. The van der Waals surface area contributed by atoms with Crippen molar-refractivity contribution in [1.29, 1.82) is 0 Å². The quantitative estimate of drug-likeness (QED) is 0.163. The molecule has 10 aromatic rings. The van der Waals surface area contributed by atoms with Gasteiger partial charge in [0.15, 0.2) is 0 Å². The lowest BCUT2D eigenvalue weighted by molar-refractivity contribution is 0.195. The molecular formula is C81H80BN3S. The third-order valence-corrected chi connectivity index (χ3v) is 24.9. The lowest BCUT2D eigenvalue weighted by Gasteiger charge is -2.53. The zero-order valence-corrected chi connectivity index (χ0v) is 53.9. The van der Waals surface area contributed by atoms with Gasteiger partial charge in [-0.1, -0.05) is 199 Å². The summed E-state index contributed by atoms with van der Waals surface area (Å²) in [5.74, 6) is 0. The molecule has 0 radical (unpaired) electrons. The van der Waals surface area contributed by atoms with Crippen LogP contribution >= 0.6 is 11.3 Å². The Hall–Kier alpha value is -7.34. The second-order valence-corrected chi connectivity index (χ2v) is 32.1. The minimum atomic E-state index is -0.176. The van der Waals surface area contributed by atoms with Gasteiger partial charge in [0.1, 0.15) is 0 Å². The number of anilines is 7. The van der Waals surface area contributed by atoms with Crippen molar-refractivity contribution in [2.45, 2.75) is 173 Å². The van der Waals surface area contributed by atoms with Gasteiger partial charge >= 0.3 is 6.85 Å². The molecule has 2 atom stereocenters. The Bertz CT molecular complexity index is 4570. The van der Waals surface area contributed by atoms with Crippen LogP contribution in [0.25, 0.3) is 53.6 Å². The second-order valence-electron chi connectivity index (χ2n) is 31.1. The average molecular weight is 1140 g/mol. The summed E-state index contributed by atoms with van der Waals surface area (Å²) in [5.41, 5.74) is 32.4. The highest BCUT2D eigenvalue weighted by Gasteiger charge is 2.62. The SMILES string of the molecule is Cc1ccccc1N1B2c3cc(C(C)(C)C)cc4c3N(c3cc(N(c5ccc6c(c5)C(C)(C)c5ccccc5-6)c5ccc6c(c5)C(C)(C)c5ccccc5-6)cc(c32)-c2ccc3c(sc5cc6c(cc53)C(C)(C)CCC6(C)C)c21)C1(C)CCCCC41C. The molecule has 0 amide bonds. The van der Waals surface area contributed by atoms with Crippen LogP contribution in [-0.2, 0) is 32.5 Å². The van der Waals surface area contributed by atoms with Crippen LogP contribution in [-0.4, -0.2) is 12.4 Å². The van der Waals surface area contributed by atoms with Gasteiger partial charge in [0.25, 0.3) is 0 Å². The predicted molar refractivity (Wildman–Crippen MR) is 370 cm³/mol. The topological polar surface area (TPSA) is 9.72 Å². The van der Waals surface area contributed by atoms with Crippen molar-refractivity contribution in [3.63, 3.8) is 0 Å². The molecule has 3 nitrogen and oxygen atoms in total. The van der Waals surface area contributed by atoms with E-state index in [1.807, 2.05) is 11.3 Å². The molecule has 0 N–H and O–H groups in total. The number of aryl methyl sites for hydroxylation is 1. The van der Waals surface area contributed by atoms with Gasteiger partial charge in [-0.3, -0.25) is 0 Å². The molecule has 4 aliphatic carbocycles. The van der Waals surface area contributed by atoms with Crippen molar-refractivity contribution in [3.8, 4) is 33.4 Å². The predicted octanol–water partition coefficient (Wildman–Crippen LogP) is 21.1. The van der Waals surface area contributed by atoms with Gasteiger partial charge in [0, 0.05) is 71.4 Å². The second kappa shape index (κ2) is 17.0.